The van der Waals surface area contributed by atoms with E-state index in [9.17, 15) is 0 Å². The van der Waals surface area contributed by atoms with Gasteiger partial charge in [0.2, 0.25) is 0 Å². The molecule has 81 valence electrons. The molecular weight excluding hydrogens is 210 g/mol. The zero-order chi connectivity index (χ0) is 11.7. The molecule has 3 rings (SSSR count). The van der Waals surface area contributed by atoms with Crippen LogP contribution in [0.3, 0.4) is 0 Å². The number of pyridine rings is 3. The fraction of sp³-hybridized carbons (Fsp3) is 0.0714. The van der Waals surface area contributed by atoms with Gasteiger partial charge in [0.25, 0.3) is 0 Å². The van der Waals surface area contributed by atoms with Gasteiger partial charge in [-0.1, -0.05) is 12.1 Å². The van der Waals surface area contributed by atoms with E-state index in [1.165, 1.54) is 0 Å². The summed E-state index contributed by atoms with van der Waals surface area (Å²) in [7, 11) is 0. The van der Waals surface area contributed by atoms with Gasteiger partial charge in [-0.05, 0) is 30.7 Å². The van der Waals surface area contributed by atoms with E-state index in [0.717, 1.165) is 27.9 Å². The molecule has 0 unspecified atom stereocenters. The van der Waals surface area contributed by atoms with Crippen molar-refractivity contribution >= 4 is 10.9 Å². The van der Waals surface area contributed by atoms with Gasteiger partial charge in [-0.25, -0.2) is 4.98 Å². The lowest BCUT2D eigenvalue weighted by Gasteiger charge is -2.04. The molecule has 0 saturated carbocycles. The molecule has 0 aliphatic rings. The van der Waals surface area contributed by atoms with Crippen molar-refractivity contribution in [3.8, 4) is 11.4 Å². The lowest BCUT2D eigenvalue weighted by atomic mass is 10.1. The van der Waals surface area contributed by atoms with E-state index in [4.69, 9.17) is 0 Å². The largest absolute Gasteiger partial charge is 0.254 e. The third-order valence-electron chi connectivity index (χ3n) is 2.68. The van der Waals surface area contributed by atoms with Gasteiger partial charge < -0.3 is 0 Å². The van der Waals surface area contributed by atoms with Gasteiger partial charge in [0.15, 0.2) is 0 Å². The Morgan fingerprint density at radius 1 is 1.06 bits per heavy atom. The van der Waals surface area contributed by atoms with Gasteiger partial charge in [0, 0.05) is 17.8 Å². The Bertz CT molecular complexity index is 677. The van der Waals surface area contributed by atoms with E-state index in [1.54, 1.807) is 12.4 Å². The number of rotatable bonds is 1. The number of hydrogen-bond donors (Lipinski definition) is 0. The average Bonchev–Trinajstić information content (AvgIpc) is 2.39. The van der Waals surface area contributed by atoms with Crippen LogP contribution in [0, 0.1) is 13.1 Å². The highest BCUT2D eigenvalue weighted by molar-refractivity contribution is 5.79. The molecule has 0 amide bonds. The zero-order valence-corrected chi connectivity index (χ0v) is 9.38. The second-order valence-corrected chi connectivity index (χ2v) is 3.86. The predicted molar refractivity (Wildman–Crippen MR) is 66.3 cm³/mol. The van der Waals surface area contributed by atoms with Gasteiger partial charge in [-0.2, -0.15) is 0 Å². The molecule has 0 aromatic carbocycles. The molecule has 3 nitrogen and oxygen atoms in total. The SMILES string of the molecule is Cc1cccnc1-c1ccc2ccn[c]c2n1. The van der Waals surface area contributed by atoms with Gasteiger partial charge >= 0.3 is 0 Å². The summed E-state index contributed by atoms with van der Waals surface area (Å²) >= 11 is 0. The van der Waals surface area contributed by atoms with Gasteiger partial charge in [0.05, 0.1) is 16.9 Å². The molecule has 0 aliphatic heterocycles. The van der Waals surface area contributed by atoms with E-state index in [2.05, 4.69) is 21.1 Å². The van der Waals surface area contributed by atoms with E-state index >= 15 is 0 Å². The summed E-state index contributed by atoms with van der Waals surface area (Å²) < 4.78 is 0. The number of fused-ring (bicyclic) bond motifs is 1. The fourth-order valence-electron chi connectivity index (χ4n) is 1.80. The summed E-state index contributed by atoms with van der Waals surface area (Å²) in [5.41, 5.74) is 3.66. The average molecular weight is 220 g/mol. The Labute approximate surface area is 99.2 Å². The van der Waals surface area contributed by atoms with E-state index in [-0.39, 0.29) is 0 Å². The van der Waals surface area contributed by atoms with Gasteiger partial charge in [0.1, 0.15) is 6.20 Å². The third-order valence-corrected chi connectivity index (χ3v) is 2.68. The van der Waals surface area contributed by atoms with Crippen LogP contribution in [0.5, 0.6) is 0 Å². The first kappa shape index (κ1) is 9.90. The van der Waals surface area contributed by atoms with Crippen molar-refractivity contribution in [1.82, 2.24) is 15.0 Å². The van der Waals surface area contributed by atoms with Crippen LogP contribution in [0.2, 0.25) is 0 Å². The van der Waals surface area contributed by atoms with Crippen molar-refractivity contribution in [2.75, 3.05) is 0 Å². The molecule has 0 aliphatic carbocycles. The number of hydrogen-bond acceptors (Lipinski definition) is 3. The van der Waals surface area contributed by atoms with Gasteiger partial charge in [-0.3, -0.25) is 9.97 Å². The standard InChI is InChI=1S/C14H10N3/c1-10-3-2-7-16-14(10)12-5-4-11-6-8-15-9-13(11)17-12/h2-8H,1H3. The molecule has 0 atom stereocenters. The maximum absolute atomic E-state index is 4.53. The molecule has 0 fully saturated rings. The summed E-state index contributed by atoms with van der Waals surface area (Å²) in [6, 6.07) is 9.87. The minimum atomic E-state index is 0.773. The van der Waals surface area contributed by atoms with Crippen LogP contribution in [-0.2, 0) is 0 Å². The topological polar surface area (TPSA) is 38.7 Å². The van der Waals surface area contributed by atoms with Crippen molar-refractivity contribution < 1.29 is 0 Å². The highest BCUT2D eigenvalue weighted by atomic mass is 14.8. The highest BCUT2D eigenvalue weighted by Crippen LogP contribution is 2.20. The predicted octanol–water partition coefficient (Wildman–Crippen LogP) is 2.80. The summed E-state index contributed by atoms with van der Waals surface area (Å²) in [5.74, 6) is 0. The maximum atomic E-state index is 4.53. The van der Waals surface area contributed by atoms with Gasteiger partial charge in [-0.15, -0.1) is 0 Å². The highest BCUT2D eigenvalue weighted by Gasteiger charge is 2.05. The summed E-state index contributed by atoms with van der Waals surface area (Å²) in [6.45, 7) is 2.03. The maximum Gasteiger partial charge on any atom is 0.117 e. The Hall–Kier alpha value is -2.29. The van der Waals surface area contributed by atoms with Crippen LogP contribution in [0.15, 0.2) is 42.7 Å². The first-order valence-corrected chi connectivity index (χ1v) is 5.40. The van der Waals surface area contributed by atoms with E-state index in [0.29, 0.717) is 0 Å². The van der Waals surface area contributed by atoms with Crippen LogP contribution in [-0.4, -0.2) is 15.0 Å². The molecule has 0 N–H and O–H groups in total. The first-order chi connectivity index (χ1) is 8.34. The van der Waals surface area contributed by atoms with Crippen molar-refractivity contribution in [2.24, 2.45) is 0 Å². The van der Waals surface area contributed by atoms with Crippen molar-refractivity contribution in [2.45, 2.75) is 6.92 Å². The molecular formula is C14H10N3. The normalized spacial score (nSPS) is 10.6. The molecule has 0 bridgehead atoms. The summed E-state index contributed by atoms with van der Waals surface area (Å²) in [4.78, 5) is 12.8. The third kappa shape index (κ3) is 1.76. The molecule has 1 radical (unpaired) electrons. The minimum absolute atomic E-state index is 0.773. The second-order valence-electron chi connectivity index (χ2n) is 3.86. The second kappa shape index (κ2) is 3.94. The summed E-state index contributed by atoms with van der Waals surface area (Å²) in [5, 5.41) is 1.04. The van der Waals surface area contributed by atoms with Crippen molar-refractivity contribution in [1.29, 1.82) is 0 Å². The Kier molecular flexibility index (Phi) is 2.29. The summed E-state index contributed by atoms with van der Waals surface area (Å²) in [6.07, 6.45) is 6.39. The molecule has 3 aromatic heterocycles. The quantitative estimate of drug-likeness (QED) is 0.633. The van der Waals surface area contributed by atoms with Crippen LogP contribution in [0.1, 0.15) is 5.56 Å². The molecule has 17 heavy (non-hydrogen) atoms. The van der Waals surface area contributed by atoms with Crippen LogP contribution >= 0.6 is 0 Å². The van der Waals surface area contributed by atoms with E-state index < -0.39 is 0 Å². The zero-order valence-electron chi connectivity index (χ0n) is 9.38. The molecule has 3 heterocycles. The number of aromatic nitrogens is 3. The Morgan fingerprint density at radius 3 is 2.88 bits per heavy atom. The van der Waals surface area contributed by atoms with Crippen molar-refractivity contribution in [3.05, 3.63) is 54.5 Å². The smallest absolute Gasteiger partial charge is 0.117 e. The number of aryl methyl sites for hydroxylation is 1. The minimum Gasteiger partial charge on any atom is -0.254 e. The lowest BCUT2D eigenvalue weighted by molar-refractivity contribution is 1.22. The lowest BCUT2D eigenvalue weighted by Crippen LogP contribution is -1.91. The van der Waals surface area contributed by atoms with E-state index in [1.807, 2.05) is 37.3 Å². The Morgan fingerprint density at radius 2 is 2.00 bits per heavy atom. The van der Waals surface area contributed by atoms with Crippen LogP contribution < -0.4 is 0 Å². The van der Waals surface area contributed by atoms with Crippen LogP contribution in [0.25, 0.3) is 22.3 Å². The van der Waals surface area contributed by atoms with Crippen molar-refractivity contribution in [3.63, 3.8) is 0 Å². The number of nitrogens with zero attached hydrogens (tertiary/aromatic N) is 3. The fourth-order valence-corrected chi connectivity index (χ4v) is 1.80. The molecule has 0 spiro atoms. The molecule has 0 saturated heterocycles. The van der Waals surface area contributed by atoms with Crippen LogP contribution in [0.4, 0.5) is 0 Å². The monoisotopic (exact) mass is 220 g/mol. The first-order valence-electron chi connectivity index (χ1n) is 5.40. The molecule has 3 aromatic rings. The Balaban J connectivity index is 2.22. The molecule has 3 heteroatoms.